The van der Waals surface area contributed by atoms with Gasteiger partial charge in [0.05, 0.1) is 10.6 Å². The zero-order valence-electron chi connectivity index (χ0n) is 13.2. The molecule has 1 aliphatic heterocycles. The van der Waals surface area contributed by atoms with Gasteiger partial charge in [0, 0.05) is 11.4 Å². The fourth-order valence-corrected chi connectivity index (χ4v) is 4.22. The van der Waals surface area contributed by atoms with Crippen LogP contribution in [0.25, 0.3) is 6.08 Å². The lowest BCUT2D eigenvalue weighted by atomic mass is 10.2. The maximum Gasteiger partial charge on any atom is 0.266 e. The van der Waals surface area contributed by atoms with E-state index in [1.807, 2.05) is 36.4 Å². The van der Waals surface area contributed by atoms with E-state index in [0.29, 0.717) is 6.54 Å². The van der Waals surface area contributed by atoms with E-state index in [4.69, 9.17) is 0 Å². The molecule has 3 nitrogen and oxygen atoms in total. The lowest BCUT2D eigenvalue weighted by Crippen LogP contribution is -2.29. The second-order valence-corrected chi connectivity index (χ2v) is 7.22. The minimum absolute atomic E-state index is 0.0549. The molecule has 0 radical (unpaired) electrons. The van der Waals surface area contributed by atoms with Crippen molar-refractivity contribution in [1.29, 1.82) is 0 Å². The van der Waals surface area contributed by atoms with Crippen molar-refractivity contribution in [2.45, 2.75) is 20.3 Å². The molecule has 1 fully saturated rings. The molecule has 1 aromatic heterocycles. The summed E-state index contributed by atoms with van der Waals surface area (Å²) in [7, 11) is 0. The van der Waals surface area contributed by atoms with Crippen molar-refractivity contribution in [1.82, 2.24) is 4.90 Å². The lowest BCUT2D eigenvalue weighted by molar-refractivity contribution is -0.122. The van der Waals surface area contributed by atoms with E-state index in [-0.39, 0.29) is 5.91 Å². The van der Waals surface area contributed by atoms with Crippen LogP contribution in [0.1, 0.15) is 23.8 Å². The summed E-state index contributed by atoms with van der Waals surface area (Å²) in [5.41, 5.74) is 2.07. The minimum Gasteiger partial charge on any atom is -0.286 e. The molecule has 0 bridgehead atoms. The Labute approximate surface area is 144 Å². The molecule has 23 heavy (non-hydrogen) atoms. The molecule has 0 aliphatic carbocycles. The summed E-state index contributed by atoms with van der Waals surface area (Å²) in [5, 5.41) is 2.82. The van der Waals surface area contributed by atoms with Gasteiger partial charge in [0.25, 0.3) is 5.91 Å². The third-order valence-corrected chi connectivity index (χ3v) is 5.45. The molecule has 0 spiro atoms. The Bertz CT molecular complexity index is 762. The van der Waals surface area contributed by atoms with Gasteiger partial charge in [-0.3, -0.25) is 9.69 Å². The molecule has 3 rings (SSSR count). The normalized spacial score (nSPS) is 18.3. The van der Waals surface area contributed by atoms with Crippen molar-refractivity contribution in [3.63, 3.8) is 0 Å². The van der Waals surface area contributed by atoms with Crippen LogP contribution in [0.2, 0.25) is 0 Å². The highest BCUT2D eigenvalue weighted by Gasteiger charge is 2.32. The zero-order valence-corrected chi connectivity index (χ0v) is 14.8. The van der Waals surface area contributed by atoms with E-state index in [1.54, 1.807) is 16.2 Å². The molecule has 0 N–H and O–H groups in total. The fraction of sp³-hybridized carbons (Fsp3) is 0.222. The summed E-state index contributed by atoms with van der Waals surface area (Å²) in [4.78, 5) is 21.0. The maximum atomic E-state index is 12.7. The van der Waals surface area contributed by atoms with Crippen molar-refractivity contribution < 1.29 is 4.79 Å². The Balaban J connectivity index is 1.94. The van der Waals surface area contributed by atoms with Crippen LogP contribution in [0.5, 0.6) is 0 Å². The van der Waals surface area contributed by atoms with Gasteiger partial charge in [0.2, 0.25) is 0 Å². The number of aliphatic imine (C=N–C) groups is 1. The van der Waals surface area contributed by atoms with Crippen LogP contribution in [0, 0.1) is 6.92 Å². The first-order valence-electron chi connectivity index (χ1n) is 7.58. The molecule has 1 amide bonds. The molecular weight excluding hydrogens is 324 g/mol. The highest BCUT2D eigenvalue weighted by atomic mass is 32.2. The average Bonchev–Trinajstić information content (AvgIpc) is 3.08. The molecule has 2 heterocycles. The molecule has 2 aromatic rings. The highest BCUT2D eigenvalue weighted by molar-refractivity contribution is 8.18. The van der Waals surface area contributed by atoms with Gasteiger partial charge in [0.15, 0.2) is 5.17 Å². The van der Waals surface area contributed by atoms with Gasteiger partial charge >= 0.3 is 0 Å². The summed E-state index contributed by atoms with van der Waals surface area (Å²) in [6.07, 6.45) is 2.90. The minimum atomic E-state index is 0.0549. The van der Waals surface area contributed by atoms with Crippen molar-refractivity contribution in [3.05, 3.63) is 57.1 Å². The van der Waals surface area contributed by atoms with Gasteiger partial charge in [0.1, 0.15) is 0 Å². The molecule has 1 aromatic carbocycles. The first-order chi connectivity index (χ1) is 11.2. The second-order valence-electron chi connectivity index (χ2n) is 5.27. The predicted molar refractivity (Wildman–Crippen MR) is 100 cm³/mol. The fourth-order valence-electron chi connectivity index (χ4n) is 2.28. The first kappa shape index (κ1) is 16.0. The van der Waals surface area contributed by atoms with Crippen LogP contribution in [-0.2, 0) is 4.79 Å². The number of rotatable bonds is 4. The molecule has 1 aliphatic rings. The number of aryl methyl sites for hydroxylation is 1. The smallest absolute Gasteiger partial charge is 0.266 e. The van der Waals surface area contributed by atoms with E-state index in [0.717, 1.165) is 27.1 Å². The van der Waals surface area contributed by atoms with E-state index in [9.17, 15) is 4.79 Å². The van der Waals surface area contributed by atoms with Crippen LogP contribution < -0.4 is 0 Å². The molecular formula is C18H18N2OS2. The number of hydrogen-bond acceptors (Lipinski definition) is 4. The number of nitrogens with zero attached hydrogens (tertiary/aromatic N) is 2. The van der Waals surface area contributed by atoms with Crippen molar-refractivity contribution in [3.8, 4) is 0 Å². The van der Waals surface area contributed by atoms with Gasteiger partial charge in [-0.1, -0.05) is 25.1 Å². The third-order valence-electron chi connectivity index (χ3n) is 3.48. The summed E-state index contributed by atoms with van der Waals surface area (Å²) >= 11 is 3.12. The number of thiophene rings is 1. The van der Waals surface area contributed by atoms with Gasteiger partial charge in [-0.2, -0.15) is 0 Å². The van der Waals surface area contributed by atoms with Gasteiger partial charge in [-0.05, 0) is 60.3 Å². The summed E-state index contributed by atoms with van der Waals surface area (Å²) in [5.74, 6) is 0.0549. The molecule has 118 valence electrons. The van der Waals surface area contributed by atoms with Crippen LogP contribution in [0.4, 0.5) is 5.69 Å². The zero-order chi connectivity index (χ0) is 16.2. The van der Waals surface area contributed by atoms with Gasteiger partial charge in [-0.15, -0.1) is 11.3 Å². The topological polar surface area (TPSA) is 32.7 Å². The molecule has 0 atom stereocenters. The van der Waals surface area contributed by atoms with Crippen LogP contribution in [-0.4, -0.2) is 22.5 Å². The largest absolute Gasteiger partial charge is 0.286 e. The molecule has 0 saturated carbocycles. The maximum absolute atomic E-state index is 12.7. The van der Waals surface area contributed by atoms with Gasteiger partial charge in [-0.25, -0.2) is 4.99 Å². The average molecular weight is 342 g/mol. The van der Waals surface area contributed by atoms with Crippen molar-refractivity contribution in [2.24, 2.45) is 4.99 Å². The number of benzene rings is 1. The van der Waals surface area contributed by atoms with Crippen LogP contribution >= 0.6 is 23.1 Å². The van der Waals surface area contributed by atoms with E-state index < -0.39 is 0 Å². The SMILES string of the molecule is CCCN1C(=O)/C(=C\c2sccc2C)SC1=Nc1ccccc1. The number of amides is 1. The monoisotopic (exact) mass is 342 g/mol. The van der Waals surface area contributed by atoms with E-state index in [1.165, 1.54) is 17.3 Å². The first-order valence-corrected chi connectivity index (χ1v) is 9.28. The Morgan fingerprint density at radius 2 is 2.00 bits per heavy atom. The molecule has 1 saturated heterocycles. The highest BCUT2D eigenvalue weighted by Crippen LogP contribution is 2.35. The number of carbonyl (C=O) groups is 1. The number of carbonyl (C=O) groups excluding carboxylic acids is 1. The molecule has 5 heteroatoms. The number of hydrogen-bond donors (Lipinski definition) is 0. The standard InChI is InChI=1S/C18H18N2OS2/c1-3-10-20-17(21)16(12-15-13(2)9-11-22-15)23-18(20)19-14-7-5-4-6-8-14/h4-9,11-12H,3,10H2,1-2H3/b16-12+,19-18?. The Morgan fingerprint density at radius 1 is 1.22 bits per heavy atom. The summed E-state index contributed by atoms with van der Waals surface area (Å²) in [6.45, 7) is 4.83. The number of thioether (sulfide) groups is 1. The predicted octanol–water partition coefficient (Wildman–Crippen LogP) is 5.07. The summed E-state index contributed by atoms with van der Waals surface area (Å²) < 4.78 is 0. The quantitative estimate of drug-likeness (QED) is 0.727. The Hall–Kier alpha value is -1.85. The van der Waals surface area contributed by atoms with Crippen LogP contribution in [0.15, 0.2) is 51.7 Å². The number of para-hydroxylation sites is 1. The van der Waals surface area contributed by atoms with Gasteiger partial charge < -0.3 is 0 Å². The Kier molecular flexibility index (Phi) is 4.98. The van der Waals surface area contributed by atoms with Crippen molar-refractivity contribution in [2.75, 3.05) is 6.54 Å². The Morgan fingerprint density at radius 3 is 2.65 bits per heavy atom. The number of amidine groups is 1. The van der Waals surface area contributed by atoms with E-state index in [2.05, 4.69) is 30.3 Å². The van der Waals surface area contributed by atoms with E-state index >= 15 is 0 Å². The lowest BCUT2D eigenvalue weighted by Gasteiger charge is -2.13. The third kappa shape index (κ3) is 3.57. The van der Waals surface area contributed by atoms with Crippen LogP contribution in [0.3, 0.4) is 0 Å². The van der Waals surface area contributed by atoms with Crippen molar-refractivity contribution >= 4 is 45.9 Å². The second kappa shape index (κ2) is 7.15. The molecule has 0 unspecified atom stereocenters. The summed E-state index contributed by atoms with van der Waals surface area (Å²) in [6, 6.07) is 11.9.